The first-order valence-corrected chi connectivity index (χ1v) is 6.20. The summed E-state index contributed by atoms with van der Waals surface area (Å²) < 4.78 is 76.5. The van der Waals surface area contributed by atoms with Gasteiger partial charge in [0.25, 0.3) is 0 Å². The van der Waals surface area contributed by atoms with E-state index in [0.717, 1.165) is 0 Å². The van der Waals surface area contributed by atoms with Gasteiger partial charge in [-0.25, -0.2) is 4.98 Å². The van der Waals surface area contributed by atoms with Gasteiger partial charge in [0.05, 0.1) is 11.1 Å². The molecule has 0 radical (unpaired) electrons. The maximum Gasteiger partial charge on any atom is 0.417 e. The van der Waals surface area contributed by atoms with Crippen LogP contribution in [0.1, 0.15) is 21.6 Å². The Morgan fingerprint density at radius 3 is 2.19 bits per heavy atom. The fourth-order valence-corrected chi connectivity index (χ4v) is 2.40. The van der Waals surface area contributed by atoms with Gasteiger partial charge in [-0.1, -0.05) is 0 Å². The monoisotopic (exact) mass is 325 g/mol. The van der Waals surface area contributed by atoms with Gasteiger partial charge in [0.1, 0.15) is 10.7 Å². The SMILES string of the molecule is O=Cc1csc(-c2cc(C(F)(F)F)ccc2C(F)(F)F)n1. The highest BCUT2D eigenvalue weighted by Gasteiger charge is 2.37. The summed E-state index contributed by atoms with van der Waals surface area (Å²) in [5, 5.41) is 0.874. The minimum atomic E-state index is -4.83. The lowest BCUT2D eigenvalue weighted by atomic mass is 10.0. The highest BCUT2D eigenvalue weighted by atomic mass is 32.1. The quantitative estimate of drug-likeness (QED) is 0.594. The minimum Gasteiger partial charge on any atom is -0.296 e. The Labute approximate surface area is 118 Å². The Morgan fingerprint density at radius 2 is 1.71 bits per heavy atom. The van der Waals surface area contributed by atoms with E-state index in [0.29, 0.717) is 35.8 Å². The summed E-state index contributed by atoms with van der Waals surface area (Å²) in [5.74, 6) is 0. The molecule has 0 atom stereocenters. The van der Waals surface area contributed by atoms with E-state index in [4.69, 9.17) is 0 Å². The van der Waals surface area contributed by atoms with Gasteiger partial charge in [0, 0.05) is 10.9 Å². The van der Waals surface area contributed by atoms with Gasteiger partial charge in [0.2, 0.25) is 0 Å². The minimum absolute atomic E-state index is 0.138. The van der Waals surface area contributed by atoms with Gasteiger partial charge in [-0.3, -0.25) is 4.79 Å². The number of rotatable bonds is 2. The summed E-state index contributed by atoms with van der Waals surface area (Å²) in [6, 6.07) is 1.11. The first-order valence-electron chi connectivity index (χ1n) is 5.32. The second kappa shape index (κ2) is 5.14. The molecule has 0 saturated carbocycles. The Bertz CT molecular complexity index is 673. The number of aromatic nitrogens is 1. The molecule has 9 heteroatoms. The number of nitrogens with zero attached hydrogens (tertiary/aromatic N) is 1. The van der Waals surface area contributed by atoms with Crippen LogP contribution in [0.3, 0.4) is 0 Å². The van der Waals surface area contributed by atoms with E-state index in [9.17, 15) is 31.1 Å². The van der Waals surface area contributed by atoms with Crippen LogP contribution in [0.25, 0.3) is 10.6 Å². The topological polar surface area (TPSA) is 30.0 Å². The summed E-state index contributed by atoms with van der Waals surface area (Å²) >= 11 is 0.667. The van der Waals surface area contributed by atoms with Crippen molar-refractivity contribution in [2.45, 2.75) is 12.4 Å². The molecule has 21 heavy (non-hydrogen) atoms. The van der Waals surface area contributed by atoms with Crippen LogP contribution in [0.4, 0.5) is 26.3 Å². The second-order valence-electron chi connectivity index (χ2n) is 3.95. The summed E-state index contributed by atoms with van der Waals surface area (Å²) in [6.07, 6.45) is -9.29. The molecule has 0 fully saturated rings. The fraction of sp³-hybridized carbons (Fsp3) is 0.167. The second-order valence-corrected chi connectivity index (χ2v) is 4.81. The Hall–Kier alpha value is -1.90. The lowest BCUT2D eigenvalue weighted by molar-refractivity contribution is -0.141. The standard InChI is InChI=1S/C12H5F6NOS/c13-11(14,15)6-1-2-9(12(16,17)18)8(3-6)10-19-7(4-20)5-21-10/h1-5H. The third-order valence-corrected chi connectivity index (χ3v) is 3.42. The normalized spacial score (nSPS) is 12.5. The molecule has 2 nitrogen and oxygen atoms in total. The number of benzene rings is 1. The maximum absolute atomic E-state index is 12.9. The smallest absolute Gasteiger partial charge is 0.296 e. The van der Waals surface area contributed by atoms with Crippen molar-refractivity contribution in [1.29, 1.82) is 0 Å². The van der Waals surface area contributed by atoms with Crippen molar-refractivity contribution >= 4 is 17.6 Å². The van der Waals surface area contributed by atoms with Crippen molar-refractivity contribution < 1.29 is 31.1 Å². The molecule has 112 valence electrons. The summed E-state index contributed by atoms with van der Waals surface area (Å²) in [7, 11) is 0. The van der Waals surface area contributed by atoms with Crippen molar-refractivity contribution in [2.75, 3.05) is 0 Å². The zero-order chi connectivity index (χ0) is 15.8. The van der Waals surface area contributed by atoms with Gasteiger partial charge in [-0.05, 0) is 18.2 Å². The molecule has 0 saturated heterocycles. The molecule has 0 N–H and O–H groups in total. The van der Waals surface area contributed by atoms with Crippen LogP contribution in [-0.4, -0.2) is 11.3 Å². The molecule has 0 aliphatic heterocycles. The number of hydrogen-bond acceptors (Lipinski definition) is 3. The van der Waals surface area contributed by atoms with Gasteiger partial charge in [-0.2, -0.15) is 26.3 Å². The first kappa shape index (κ1) is 15.5. The number of aldehydes is 1. The number of thiazole rings is 1. The van der Waals surface area contributed by atoms with Gasteiger partial charge >= 0.3 is 12.4 Å². The highest BCUT2D eigenvalue weighted by Crippen LogP contribution is 2.41. The van der Waals surface area contributed by atoms with E-state index in [1.54, 1.807) is 0 Å². The molecule has 1 heterocycles. The summed E-state index contributed by atoms with van der Waals surface area (Å²) in [6.45, 7) is 0. The molecule has 0 spiro atoms. The molecule has 0 amide bonds. The van der Waals surface area contributed by atoms with Gasteiger partial charge in [-0.15, -0.1) is 11.3 Å². The lowest BCUT2D eigenvalue weighted by Gasteiger charge is -2.14. The zero-order valence-electron chi connectivity index (χ0n) is 9.92. The van der Waals surface area contributed by atoms with Crippen LogP contribution < -0.4 is 0 Å². The van der Waals surface area contributed by atoms with Gasteiger partial charge < -0.3 is 0 Å². The Kier molecular flexibility index (Phi) is 3.79. The van der Waals surface area contributed by atoms with Crippen molar-refractivity contribution in [1.82, 2.24) is 4.98 Å². The lowest BCUT2D eigenvalue weighted by Crippen LogP contribution is -2.11. The van der Waals surface area contributed by atoms with Crippen LogP contribution in [-0.2, 0) is 12.4 Å². The van der Waals surface area contributed by atoms with Crippen molar-refractivity contribution in [3.8, 4) is 10.6 Å². The van der Waals surface area contributed by atoms with E-state index in [1.165, 1.54) is 5.38 Å². The zero-order valence-corrected chi connectivity index (χ0v) is 10.7. The summed E-state index contributed by atoms with van der Waals surface area (Å²) in [5.41, 5.74) is -3.29. The average molecular weight is 325 g/mol. The van der Waals surface area contributed by atoms with Gasteiger partial charge in [0.15, 0.2) is 6.29 Å². The molecule has 1 aromatic carbocycles. The van der Waals surface area contributed by atoms with E-state index in [-0.39, 0.29) is 10.7 Å². The maximum atomic E-state index is 12.9. The highest BCUT2D eigenvalue weighted by molar-refractivity contribution is 7.13. The van der Waals surface area contributed by atoms with Crippen molar-refractivity contribution in [2.24, 2.45) is 0 Å². The predicted octanol–water partition coefficient (Wildman–Crippen LogP) is 4.66. The number of hydrogen-bond donors (Lipinski definition) is 0. The van der Waals surface area contributed by atoms with Crippen LogP contribution in [0.5, 0.6) is 0 Å². The van der Waals surface area contributed by atoms with Crippen LogP contribution >= 0.6 is 11.3 Å². The van der Waals surface area contributed by atoms with E-state index in [2.05, 4.69) is 4.98 Å². The number of carbonyl (C=O) groups is 1. The van der Waals surface area contributed by atoms with Crippen LogP contribution in [0.2, 0.25) is 0 Å². The predicted molar refractivity (Wildman–Crippen MR) is 62.9 cm³/mol. The molecule has 1 aromatic heterocycles. The van der Waals surface area contributed by atoms with E-state index >= 15 is 0 Å². The molecule has 0 aliphatic rings. The molecule has 0 bridgehead atoms. The summed E-state index contributed by atoms with van der Waals surface area (Å²) in [4.78, 5) is 14.1. The van der Waals surface area contributed by atoms with Crippen molar-refractivity contribution in [3.63, 3.8) is 0 Å². The molecular weight excluding hydrogens is 320 g/mol. The fourth-order valence-electron chi connectivity index (χ4n) is 1.61. The number of carbonyl (C=O) groups excluding carboxylic acids is 1. The van der Waals surface area contributed by atoms with Crippen LogP contribution in [0, 0.1) is 0 Å². The number of alkyl halides is 6. The van der Waals surface area contributed by atoms with Crippen LogP contribution in [0.15, 0.2) is 23.6 Å². The third kappa shape index (κ3) is 3.23. The Morgan fingerprint density at radius 1 is 1.05 bits per heavy atom. The van der Waals surface area contributed by atoms with E-state index < -0.39 is 29.0 Å². The molecule has 0 unspecified atom stereocenters. The van der Waals surface area contributed by atoms with E-state index in [1.807, 2.05) is 0 Å². The Balaban J connectivity index is 2.66. The molecule has 2 rings (SSSR count). The van der Waals surface area contributed by atoms with Crippen molar-refractivity contribution in [3.05, 3.63) is 40.4 Å². The molecule has 2 aromatic rings. The third-order valence-electron chi connectivity index (χ3n) is 2.53. The molecule has 0 aliphatic carbocycles. The number of halogens is 6. The largest absolute Gasteiger partial charge is 0.417 e. The molecular formula is C12H5F6NOS. The first-order chi connectivity index (χ1) is 9.63. The average Bonchev–Trinajstić information content (AvgIpc) is 2.84.